The molecular formula is C18H18BrClN2O3S. The molecule has 1 aliphatic heterocycles. The van der Waals surface area contributed by atoms with Gasteiger partial charge in [0.25, 0.3) is 10.0 Å². The lowest BCUT2D eigenvalue weighted by Gasteiger charge is -2.21. The minimum absolute atomic E-state index is 0.00754. The predicted octanol–water partition coefficient (Wildman–Crippen LogP) is 4.51. The monoisotopic (exact) mass is 456 g/mol. The molecule has 0 saturated carbocycles. The van der Waals surface area contributed by atoms with Crippen molar-refractivity contribution in [3.63, 3.8) is 0 Å². The van der Waals surface area contributed by atoms with Gasteiger partial charge in [-0.3, -0.25) is 9.52 Å². The topological polar surface area (TPSA) is 66.5 Å². The summed E-state index contributed by atoms with van der Waals surface area (Å²) in [5, 5.41) is 0.324. The Labute approximate surface area is 166 Å². The Morgan fingerprint density at radius 3 is 2.62 bits per heavy atom. The van der Waals surface area contributed by atoms with Crippen LogP contribution in [0, 0.1) is 6.92 Å². The van der Waals surface area contributed by atoms with Gasteiger partial charge in [-0.05, 0) is 71.6 Å². The maximum absolute atomic E-state index is 12.9. The van der Waals surface area contributed by atoms with Gasteiger partial charge in [0.15, 0.2) is 0 Å². The zero-order chi connectivity index (χ0) is 19.2. The third-order valence-electron chi connectivity index (χ3n) is 4.35. The van der Waals surface area contributed by atoms with Crippen molar-refractivity contribution in [3.8, 4) is 0 Å². The van der Waals surface area contributed by atoms with Crippen LogP contribution < -0.4 is 9.62 Å². The molecule has 0 fully saturated rings. The fourth-order valence-corrected chi connectivity index (χ4v) is 5.74. The van der Waals surface area contributed by atoms with Gasteiger partial charge in [0, 0.05) is 23.1 Å². The molecule has 8 heteroatoms. The van der Waals surface area contributed by atoms with Gasteiger partial charge >= 0.3 is 0 Å². The van der Waals surface area contributed by atoms with Crippen molar-refractivity contribution >= 4 is 54.8 Å². The van der Waals surface area contributed by atoms with E-state index in [0.717, 1.165) is 11.1 Å². The van der Waals surface area contributed by atoms with E-state index in [1.54, 1.807) is 29.2 Å². The summed E-state index contributed by atoms with van der Waals surface area (Å²) in [6.07, 6.45) is 0.686. The van der Waals surface area contributed by atoms with Gasteiger partial charge in [-0.2, -0.15) is 0 Å². The van der Waals surface area contributed by atoms with Gasteiger partial charge in [-0.15, -0.1) is 0 Å². The minimum atomic E-state index is -3.89. The van der Waals surface area contributed by atoms with Gasteiger partial charge in [0.05, 0.1) is 10.7 Å². The minimum Gasteiger partial charge on any atom is -0.309 e. The molecule has 1 N–H and O–H groups in total. The highest BCUT2D eigenvalue weighted by molar-refractivity contribution is 9.10. The van der Waals surface area contributed by atoms with Gasteiger partial charge in [-0.1, -0.05) is 17.7 Å². The Bertz CT molecular complexity index is 1010. The lowest BCUT2D eigenvalue weighted by Crippen LogP contribution is -2.33. The number of hydrogen-bond acceptors (Lipinski definition) is 3. The van der Waals surface area contributed by atoms with Crippen LogP contribution in [0.25, 0.3) is 0 Å². The van der Waals surface area contributed by atoms with Crippen molar-refractivity contribution in [2.75, 3.05) is 9.62 Å². The molecule has 1 atom stereocenters. The van der Waals surface area contributed by atoms with Crippen LogP contribution >= 0.6 is 27.5 Å². The SMILES string of the molecule is CC(=O)N1c2cc(S(=O)(=O)Nc3ccc(C)cc3Cl)c(Br)cc2C[C@@H]1C. The van der Waals surface area contributed by atoms with Crippen LogP contribution in [0.3, 0.4) is 0 Å². The summed E-state index contributed by atoms with van der Waals surface area (Å²) in [5.74, 6) is -0.114. The molecule has 26 heavy (non-hydrogen) atoms. The number of nitrogens with zero attached hydrogens (tertiary/aromatic N) is 1. The van der Waals surface area contributed by atoms with E-state index >= 15 is 0 Å². The number of nitrogens with one attached hydrogen (secondary N) is 1. The van der Waals surface area contributed by atoms with E-state index in [9.17, 15) is 13.2 Å². The highest BCUT2D eigenvalue weighted by Crippen LogP contribution is 2.38. The second-order valence-electron chi connectivity index (χ2n) is 6.44. The number of halogens is 2. The summed E-state index contributed by atoms with van der Waals surface area (Å²) >= 11 is 9.50. The molecule has 1 aliphatic rings. The smallest absolute Gasteiger partial charge is 0.263 e. The Morgan fingerprint density at radius 1 is 1.31 bits per heavy atom. The molecule has 0 spiro atoms. The number of fused-ring (bicyclic) bond motifs is 1. The van der Waals surface area contributed by atoms with Crippen LogP contribution in [0.15, 0.2) is 39.7 Å². The number of anilines is 2. The second kappa shape index (κ2) is 6.87. The average Bonchev–Trinajstić information content (AvgIpc) is 2.84. The molecule has 0 aliphatic carbocycles. The van der Waals surface area contributed by atoms with Crippen molar-refractivity contribution < 1.29 is 13.2 Å². The quantitative estimate of drug-likeness (QED) is 0.737. The summed E-state index contributed by atoms with van der Waals surface area (Å²) in [6, 6.07) is 8.39. The van der Waals surface area contributed by atoms with Crippen LogP contribution in [-0.4, -0.2) is 20.4 Å². The van der Waals surface area contributed by atoms with E-state index < -0.39 is 10.0 Å². The first-order valence-electron chi connectivity index (χ1n) is 8.01. The summed E-state index contributed by atoms with van der Waals surface area (Å²) in [5.41, 5.74) is 2.81. The molecule has 0 unspecified atom stereocenters. The van der Waals surface area contributed by atoms with Crippen LogP contribution in [0.5, 0.6) is 0 Å². The molecule has 0 aromatic heterocycles. The number of rotatable bonds is 3. The van der Waals surface area contributed by atoms with Crippen LogP contribution in [0.1, 0.15) is 25.0 Å². The standard InChI is InChI=1S/C18H18BrClN2O3S/c1-10-4-5-16(15(20)6-10)21-26(24,25)18-9-17-13(8-14(18)19)7-11(2)22(17)12(3)23/h4-6,8-9,11,21H,7H2,1-3H3/t11-/m0/s1. The highest BCUT2D eigenvalue weighted by Gasteiger charge is 2.32. The number of sulfonamides is 1. The van der Waals surface area contributed by atoms with Crippen molar-refractivity contribution in [1.29, 1.82) is 0 Å². The molecule has 3 rings (SSSR count). The molecule has 2 aromatic carbocycles. The first kappa shape index (κ1) is 19.2. The lowest BCUT2D eigenvalue weighted by molar-refractivity contribution is -0.116. The molecule has 2 aromatic rings. The Hall–Kier alpha value is -1.57. The van der Waals surface area contributed by atoms with Crippen LogP contribution in [0.2, 0.25) is 5.02 Å². The number of amides is 1. The molecule has 1 amide bonds. The van der Waals surface area contributed by atoms with Crippen molar-refractivity contribution in [3.05, 3.63) is 51.0 Å². The summed E-state index contributed by atoms with van der Waals surface area (Å²) in [7, 11) is -3.89. The molecular weight excluding hydrogens is 440 g/mol. The van der Waals surface area contributed by atoms with Gasteiger partial charge in [-0.25, -0.2) is 8.42 Å². The van der Waals surface area contributed by atoms with E-state index in [4.69, 9.17) is 11.6 Å². The third-order valence-corrected chi connectivity index (χ3v) is 6.98. The molecule has 0 bridgehead atoms. The van der Waals surface area contributed by atoms with E-state index in [1.165, 1.54) is 13.0 Å². The first-order valence-corrected chi connectivity index (χ1v) is 10.7. The molecule has 0 saturated heterocycles. The maximum atomic E-state index is 12.9. The number of benzene rings is 2. The van der Waals surface area contributed by atoms with Crippen molar-refractivity contribution in [1.82, 2.24) is 0 Å². The highest BCUT2D eigenvalue weighted by atomic mass is 79.9. The Kier molecular flexibility index (Phi) is 5.07. The third kappa shape index (κ3) is 3.48. The van der Waals surface area contributed by atoms with Crippen LogP contribution in [-0.2, 0) is 21.2 Å². The Balaban J connectivity index is 2.05. The fraction of sp³-hybridized carbons (Fsp3) is 0.278. The average molecular weight is 458 g/mol. The maximum Gasteiger partial charge on any atom is 0.263 e. The zero-order valence-electron chi connectivity index (χ0n) is 14.5. The summed E-state index contributed by atoms with van der Waals surface area (Å²) in [4.78, 5) is 13.7. The van der Waals surface area contributed by atoms with E-state index in [0.29, 0.717) is 27.3 Å². The first-order chi connectivity index (χ1) is 12.1. The number of hydrogen-bond donors (Lipinski definition) is 1. The van der Waals surface area contributed by atoms with E-state index in [2.05, 4.69) is 20.7 Å². The summed E-state index contributed by atoms with van der Waals surface area (Å²) < 4.78 is 28.8. The number of carbonyl (C=O) groups is 1. The second-order valence-corrected chi connectivity index (χ2v) is 9.35. The predicted molar refractivity (Wildman–Crippen MR) is 107 cm³/mol. The van der Waals surface area contributed by atoms with E-state index in [1.807, 2.05) is 13.8 Å². The largest absolute Gasteiger partial charge is 0.309 e. The lowest BCUT2D eigenvalue weighted by atomic mass is 10.1. The fourth-order valence-electron chi connectivity index (χ4n) is 3.21. The molecule has 138 valence electrons. The van der Waals surface area contributed by atoms with Crippen molar-refractivity contribution in [2.45, 2.75) is 38.1 Å². The van der Waals surface area contributed by atoms with Gasteiger partial charge in [0.1, 0.15) is 4.90 Å². The molecule has 1 heterocycles. The van der Waals surface area contributed by atoms with Crippen molar-refractivity contribution in [2.24, 2.45) is 0 Å². The molecule has 5 nitrogen and oxygen atoms in total. The van der Waals surface area contributed by atoms with Gasteiger partial charge in [0.2, 0.25) is 5.91 Å². The number of carbonyl (C=O) groups excluding carboxylic acids is 1. The zero-order valence-corrected chi connectivity index (χ0v) is 17.7. The van der Waals surface area contributed by atoms with E-state index in [-0.39, 0.29) is 16.8 Å². The molecule has 0 radical (unpaired) electrons. The number of aryl methyl sites for hydroxylation is 1. The Morgan fingerprint density at radius 2 is 2.00 bits per heavy atom. The summed E-state index contributed by atoms with van der Waals surface area (Å²) in [6.45, 7) is 5.29. The normalized spacial score (nSPS) is 16.5. The van der Waals surface area contributed by atoms with Gasteiger partial charge < -0.3 is 4.90 Å². The van der Waals surface area contributed by atoms with Crippen LogP contribution in [0.4, 0.5) is 11.4 Å².